The van der Waals surface area contributed by atoms with E-state index in [1.165, 1.54) is 17.0 Å². The van der Waals surface area contributed by atoms with Gasteiger partial charge in [-0.3, -0.25) is 13.9 Å². The van der Waals surface area contributed by atoms with Crippen LogP contribution in [-0.2, 0) is 26.2 Å². The number of rotatable bonds is 14. The molecule has 1 atom stereocenters. The minimum absolute atomic E-state index is 0.00784. The number of unbranched alkanes of at least 4 members (excludes halogenated alkanes) is 1. The van der Waals surface area contributed by atoms with Gasteiger partial charge in [-0.15, -0.1) is 0 Å². The maximum atomic E-state index is 14.1. The van der Waals surface area contributed by atoms with Gasteiger partial charge in [0.25, 0.3) is 10.0 Å². The van der Waals surface area contributed by atoms with Gasteiger partial charge in [0.15, 0.2) is 0 Å². The number of amides is 2. The van der Waals surface area contributed by atoms with Crippen LogP contribution in [0.3, 0.4) is 0 Å². The lowest BCUT2D eigenvalue weighted by Gasteiger charge is -2.32. The Morgan fingerprint density at radius 1 is 0.822 bits per heavy atom. The number of benzene rings is 4. The maximum absolute atomic E-state index is 14.1. The second-order valence-corrected chi connectivity index (χ2v) is 13.0. The smallest absolute Gasteiger partial charge is 0.264 e. The van der Waals surface area contributed by atoms with Gasteiger partial charge in [-0.2, -0.15) is 0 Å². The van der Waals surface area contributed by atoms with Gasteiger partial charge < -0.3 is 15.0 Å². The van der Waals surface area contributed by atoms with E-state index in [2.05, 4.69) is 5.32 Å². The number of para-hydroxylation sites is 1. The van der Waals surface area contributed by atoms with E-state index in [4.69, 9.17) is 27.9 Å². The number of carbonyl (C=O) groups is 2. The van der Waals surface area contributed by atoms with Crippen molar-refractivity contribution >= 4 is 50.7 Å². The van der Waals surface area contributed by atoms with E-state index in [9.17, 15) is 18.0 Å². The predicted molar refractivity (Wildman–Crippen MR) is 178 cm³/mol. The number of halogens is 2. The van der Waals surface area contributed by atoms with Crippen molar-refractivity contribution in [3.63, 3.8) is 0 Å². The van der Waals surface area contributed by atoms with Gasteiger partial charge in [0, 0.05) is 28.7 Å². The molecule has 0 heterocycles. The molecule has 0 saturated heterocycles. The van der Waals surface area contributed by atoms with E-state index in [1.54, 1.807) is 79.7 Å². The molecule has 0 aromatic heterocycles. The van der Waals surface area contributed by atoms with Crippen molar-refractivity contribution in [3.05, 3.63) is 119 Å². The third-order valence-corrected chi connectivity index (χ3v) is 9.60. The van der Waals surface area contributed by atoms with Crippen molar-refractivity contribution in [3.8, 4) is 11.5 Å². The minimum atomic E-state index is -4.21. The zero-order chi connectivity index (χ0) is 32.4. The molecule has 0 spiro atoms. The molecule has 1 N–H and O–H groups in total. The summed E-state index contributed by atoms with van der Waals surface area (Å²) in [5, 5.41) is 3.50. The Morgan fingerprint density at radius 3 is 2.00 bits per heavy atom. The van der Waals surface area contributed by atoms with Crippen molar-refractivity contribution in [1.82, 2.24) is 10.2 Å². The molecule has 4 rings (SSSR count). The number of hydrogen-bond donors (Lipinski definition) is 1. The molecule has 0 aliphatic rings. The highest BCUT2D eigenvalue weighted by atomic mass is 35.5. The number of hydrogen-bond acceptors (Lipinski definition) is 5. The van der Waals surface area contributed by atoms with E-state index < -0.39 is 28.5 Å². The van der Waals surface area contributed by atoms with Crippen LogP contribution in [0.1, 0.15) is 32.3 Å². The third kappa shape index (κ3) is 8.78. The van der Waals surface area contributed by atoms with E-state index in [-0.39, 0.29) is 23.0 Å². The largest absolute Gasteiger partial charge is 0.457 e. The van der Waals surface area contributed by atoms with Gasteiger partial charge in [0.1, 0.15) is 24.1 Å². The number of nitrogens with zero attached hydrogens (tertiary/aromatic N) is 2. The Kier molecular flexibility index (Phi) is 11.9. The Balaban J connectivity index is 1.70. The first kappa shape index (κ1) is 33.8. The summed E-state index contributed by atoms with van der Waals surface area (Å²) in [6.45, 7) is 3.34. The number of ether oxygens (including phenoxy) is 1. The van der Waals surface area contributed by atoms with Crippen molar-refractivity contribution in [2.75, 3.05) is 17.4 Å². The summed E-state index contributed by atoms with van der Waals surface area (Å²) in [6, 6.07) is 27.4. The van der Waals surface area contributed by atoms with Crippen LogP contribution in [0.25, 0.3) is 0 Å². The quantitative estimate of drug-likeness (QED) is 0.142. The molecule has 0 bridgehead atoms. The first-order valence-corrected chi connectivity index (χ1v) is 16.7. The lowest BCUT2D eigenvalue weighted by Crippen LogP contribution is -2.51. The highest BCUT2D eigenvalue weighted by Gasteiger charge is 2.33. The highest BCUT2D eigenvalue weighted by molar-refractivity contribution is 7.92. The Hall–Kier alpha value is -4.05. The molecule has 0 saturated carbocycles. The van der Waals surface area contributed by atoms with Crippen LogP contribution in [0.4, 0.5) is 5.69 Å². The summed E-state index contributed by atoms with van der Waals surface area (Å²) in [6.07, 6.45) is 1.66. The van der Waals surface area contributed by atoms with Gasteiger partial charge in [0.2, 0.25) is 11.8 Å². The Morgan fingerprint density at radius 2 is 1.40 bits per heavy atom. The van der Waals surface area contributed by atoms with Crippen molar-refractivity contribution in [2.24, 2.45) is 0 Å². The van der Waals surface area contributed by atoms with Crippen LogP contribution < -0.4 is 14.4 Å². The van der Waals surface area contributed by atoms with Gasteiger partial charge in [0.05, 0.1) is 10.6 Å². The average Bonchev–Trinajstić information content (AvgIpc) is 3.04. The van der Waals surface area contributed by atoms with E-state index in [0.717, 1.165) is 17.1 Å². The molecule has 236 valence electrons. The van der Waals surface area contributed by atoms with Crippen molar-refractivity contribution in [2.45, 2.75) is 44.2 Å². The molecule has 0 radical (unpaired) electrons. The van der Waals surface area contributed by atoms with Crippen molar-refractivity contribution < 1.29 is 22.7 Å². The molecule has 4 aromatic carbocycles. The number of anilines is 1. The molecule has 4 aromatic rings. The van der Waals surface area contributed by atoms with E-state index in [1.807, 2.05) is 25.1 Å². The van der Waals surface area contributed by atoms with Crippen LogP contribution in [-0.4, -0.2) is 44.3 Å². The average molecular weight is 669 g/mol. The molecule has 11 heteroatoms. The van der Waals surface area contributed by atoms with E-state index in [0.29, 0.717) is 33.7 Å². The highest BCUT2D eigenvalue weighted by Crippen LogP contribution is 2.30. The summed E-state index contributed by atoms with van der Waals surface area (Å²) in [5.74, 6) is 0.114. The van der Waals surface area contributed by atoms with Gasteiger partial charge in [-0.25, -0.2) is 8.42 Å². The second-order valence-electron chi connectivity index (χ2n) is 10.3. The monoisotopic (exact) mass is 667 g/mol. The molecule has 45 heavy (non-hydrogen) atoms. The Labute approximate surface area is 274 Å². The zero-order valence-electron chi connectivity index (χ0n) is 25.0. The zero-order valence-corrected chi connectivity index (χ0v) is 27.4. The summed E-state index contributed by atoms with van der Waals surface area (Å²) in [4.78, 5) is 28.6. The van der Waals surface area contributed by atoms with Gasteiger partial charge in [-0.1, -0.05) is 79.0 Å². The molecular weight excluding hydrogens is 633 g/mol. The van der Waals surface area contributed by atoms with Crippen molar-refractivity contribution in [1.29, 1.82) is 0 Å². The summed E-state index contributed by atoms with van der Waals surface area (Å²) >= 11 is 12.9. The third-order valence-electron chi connectivity index (χ3n) is 7.10. The molecule has 0 aliphatic heterocycles. The summed E-state index contributed by atoms with van der Waals surface area (Å²) in [5.41, 5.74) is 0.686. The fourth-order valence-corrected chi connectivity index (χ4v) is 6.48. The molecule has 8 nitrogen and oxygen atoms in total. The summed E-state index contributed by atoms with van der Waals surface area (Å²) < 4.78 is 34.9. The first-order valence-electron chi connectivity index (χ1n) is 14.5. The number of carbonyl (C=O) groups excluding carboxylic acids is 2. The standard InChI is InChI=1S/C34H35Cl2N3O5S/c1-3-4-22-37-34(41)25(2)38(23-30-31(35)16-11-17-32(30)36)33(40)24-39(45(42,43)29-14-9-6-10-15-29)26-18-20-28(21-19-26)44-27-12-7-5-8-13-27/h5-21,25H,3-4,22-24H2,1-2H3,(H,37,41)/t25-/m1/s1. The normalized spacial score (nSPS) is 11.8. The predicted octanol–water partition coefficient (Wildman–Crippen LogP) is 7.31. The van der Waals surface area contributed by atoms with Crippen LogP contribution >= 0.6 is 23.2 Å². The SMILES string of the molecule is CCCCNC(=O)[C@@H](C)N(Cc1c(Cl)cccc1Cl)C(=O)CN(c1ccc(Oc2ccccc2)cc1)S(=O)(=O)c1ccccc1. The minimum Gasteiger partial charge on any atom is -0.457 e. The molecule has 0 aliphatic carbocycles. The lowest BCUT2D eigenvalue weighted by molar-refractivity contribution is -0.139. The second kappa shape index (κ2) is 15.8. The van der Waals surface area contributed by atoms with Gasteiger partial charge in [-0.05, 0) is 74.0 Å². The molecule has 0 unspecified atom stereocenters. The Bertz CT molecular complexity index is 1670. The van der Waals surface area contributed by atoms with Crippen LogP contribution in [0.5, 0.6) is 11.5 Å². The van der Waals surface area contributed by atoms with Crippen LogP contribution in [0, 0.1) is 0 Å². The number of sulfonamides is 1. The first-order chi connectivity index (χ1) is 21.6. The maximum Gasteiger partial charge on any atom is 0.264 e. The van der Waals surface area contributed by atoms with Gasteiger partial charge >= 0.3 is 0 Å². The molecular formula is C34H35Cl2N3O5S. The summed E-state index contributed by atoms with van der Waals surface area (Å²) in [7, 11) is -4.21. The topological polar surface area (TPSA) is 96.0 Å². The molecule has 0 fully saturated rings. The fraction of sp³-hybridized carbons (Fsp3) is 0.235. The fourth-order valence-electron chi connectivity index (χ4n) is 4.53. The number of nitrogens with one attached hydrogen (secondary N) is 1. The van der Waals surface area contributed by atoms with Crippen LogP contribution in [0.15, 0.2) is 108 Å². The molecule has 2 amide bonds. The lowest BCUT2D eigenvalue weighted by atomic mass is 10.1. The van der Waals surface area contributed by atoms with E-state index >= 15 is 0 Å². The van der Waals surface area contributed by atoms with Crippen LogP contribution in [0.2, 0.25) is 10.0 Å².